The lowest BCUT2D eigenvalue weighted by Gasteiger charge is -2.18. The van der Waals surface area contributed by atoms with Crippen LogP contribution in [0.2, 0.25) is 0 Å². The highest BCUT2D eigenvalue weighted by Crippen LogP contribution is 2.23. The number of nitrogens with one attached hydrogen (secondary N) is 2. The molecule has 28 heavy (non-hydrogen) atoms. The molecular formula is C23H30N4O. The Labute approximate surface area is 167 Å². The summed E-state index contributed by atoms with van der Waals surface area (Å²) in [7, 11) is 0. The largest absolute Gasteiger partial charge is 0.372 e. The maximum Gasteiger partial charge on any atom is 0.257 e. The summed E-state index contributed by atoms with van der Waals surface area (Å²) in [5.74, 6) is 0.737. The van der Waals surface area contributed by atoms with E-state index in [4.69, 9.17) is 0 Å². The quantitative estimate of drug-likeness (QED) is 0.713. The molecule has 0 bridgehead atoms. The van der Waals surface area contributed by atoms with E-state index >= 15 is 0 Å². The third kappa shape index (κ3) is 4.83. The summed E-state index contributed by atoms with van der Waals surface area (Å²) in [6.07, 6.45) is 11.8. The molecule has 1 aromatic heterocycles. The van der Waals surface area contributed by atoms with Crippen LogP contribution in [-0.2, 0) is 0 Å². The average Bonchev–Trinajstić information content (AvgIpc) is 3.14. The molecule has 0 radical (unpaired) electrons. The van der Waals surface area contributed by atoms with Gasteiger partial charge < -0.3 is 15.5 Å². The van der Waals surface area contributed by atoms with Crippen LogP contribution in [-0.4, -0.2) is 30.0 Å². The van der Waals surface area contributed by atoms with Gasteiger partial charge in [-0.05, 0) is 62.1 Å². The third-order valence-corrected chi connectivity index (χ3v) is 5.83. The molecule has 1 aliphatic heterocycles. The van der Waals surface area contributed by atoms with E-state index in [1.807, 2.05) is 24.3 Å². The van der Waals surface area contributed by atoms with Gasteiger partial charge >= 0.3 is 0 Å². The summed E-state index contributed by atoms with van der Waals surface area (Å²) in [5.41, 5.74) is 2.62. The van der Waals surface area contributed by atoms with Crippen LogP contribution in [0, 0.1) is 0 Å². The number of carbonyl (C=O) groups is 1. The van der Waals surface area contributed by atoms with E-state index < -0.39 is 0 Å². The molecule has 148 valence electrons. The molecule has 1 amide bonds. The Balaban J connectivity index is 1.32. The Morgan fingerprint density at radius 2 is 1.61 bits per heavy atom. The van der Waals surface area contributed by atoms with Gasteiger partial charge in [0.15, 0.2) is 0 Å². The second-order valence-electron chi connectivity index (χ2n) is 7.96. The van der Waals surface area contributed by atoms with Crippen molar-refractivity contribution in [1.82, 2.24) is 4.98 Å². The van der Waals surface area contributed by atoms with Crippen LogP contribution in [0.5, 0.6) is 0 Å². The van der Waals surface area contributed by atoms with Gasteiger partial charge in [0.1, 0.15) is 5.82 Å². The number of nitrogens with zero attached hydrogens (tertiary/aromatic N) is 2. The minimum atomic E-state index is -0.123. The number of carbonyl (C=O) groups excluding carboxylic acids is 1. The highest BCUT2D eigenvalue weighted by atomic mass is 16.1. The predicted molar refractivity (Wildman–Crippen MR) is 115 cm³/mol. The Hall–Kier alpha value is -2.56. The molecule has 1 aromatic carbocycles. The van der Waals surface area contributed by atoms with Crippen LogP contribution < -0.4 is 15.5 Å². The van der Waals surface area contributed by atoms with Crippen molar-refractivity contribution in [3.63, 3.8) is 0 Å². The van der Waals surface area contributed by atoms with Crippen LogP contribution >= 0.6 is 0 Å². The molecule has 1 aliphatic carbocycles. The molecular weight excluding hydrogens is 348 g/mol. The number of hydrogen-bond donors (Lipinski definition) is 2. The standard InChI is InChI=1S/C23H30N4O/c28-23(26-20-10-12-21(13-11-20)27-15-5-6-16-27)18-9-14-22(24-17-18)25-19-7-3-1-2-4-8-19/h9-14,17,19H,1-8,15-16H2,(H,24,25)(H,26,28). The van der Waals surface area contributed by atoms with Crippen molar-refractivity contribution in [2.75, 3.05) is 28.6 Å². The van der Waals surface area contributed by atoms with E-state index in [0.717, 1.165) is 24.6 Å². The SMILES string of the molecule is O=C(Nc1ccc(N2CCCC2)cc1)c1ccc(NC2CCCCCC2)nc1. The number of aromatic nitrogens is 1. The van der Waals surface area contributed by atoms with Gasteiger partial charge in [-0.2, -0.15) is 0 Å². The van der Waals surface area contributed by atoms with E-state index in [2.05, 4.69) is 32.7 Å². The Morgan fingerprint density at radius 3 is 2.25 bits per heavy atom. The van der Waals surface area contributed by atoms with Gasteiger partial charge in [0, 0.05) is 36.7 Å². The summed E-state index contributed by atoms with van der Waals surface area (Å²) >= 11 is 0. The molecule has 2 aliphatic rings. The fourth-order valence-electron chi connectivity index (χ4n) is 4.18. The lowest BCUT2D eigenvalue weighted by Crippen LogP contribution is -2.19. The average molecular weight is 379 g/mol. The molecule has 0 spiro atoms. The topological polar surface area (TPSA) is 57.3 Å². The Morgan fingerprint density at radius 1 is 0.893 bits per heavy atom. The van der Waals surface area contributed by atoms with Gasteiger partial charge in [0.25, 0.3) is 5.91 Å². The fraction of sp³-hybridized carbons (Fsp3) is 0.478. The normalized spacial score (nSPS) is 17.9. The van der Waals surface area contributed by atoms with Crippen molar-refractivity contribution < 1.29 is 4.79 Å². The number of rotatable bonds is 5. The smallest absolute Gasteiger partial charge is 0.257 e. The number of anilines is 3. The zero-order valence-electron chi connectivity index (χ0n) is 16.5. The lowest BCUT2D eigenvalue weighted by molar-refractivity contribution is 0.102. The Bertz CT molecular complexity index is 758. The zero-order valence-corrected chi connectivity index (χ0v) is 16.5. The van der Waals surface area contributed by atoms with Crippen LogP contribution in [0.3, 0.4) is 0 Å². The van der Waals surface area contributed by atoms with E-state index in [-0.39, 0.29) is 5.91 Å². The second-order valence-corrected chi connectivity index (χ2v) is 7.96. The monoisotopic (exact) mass is 378 g/mol. The molecule has 2 N–H and O–H groups in total. The molecule has 1 saturated carbocycles. The lowest BCUT2D eigenvalue weighted by atomic mass is 10.1. The fourth-order valence-corrected chi connectivity index (χ4v) is 4.18. The first-order valence-electron chi connectivity index (χ1n) is 10.7. The van der Waals surface area contributed by atoms with Crippen molar-refractivity contribution in [2.45, 2.75) is 57.4 Å². The Kier molecular flexibility index (Phi) is 6.10. The summed E-state index contributed by atoms with van der Waals surface area (Å²) in [6.45, 7) is 2.25. The van der Waals surface area contributed by atoms with Gasteiger partial charge in [-0.3, -0.25) is 4.79 Å². The minimum absolute atomic E-state index is 0.123. The van der Waals surface area contributed by atoms with E-state index in [1.165, 1.54) is 57.1 Å². The molecule has 2 heterocycles. The van der Waals surface area contributed by atoms with Crippen LogP contribution in [0.15, 0.2) is 42.6 Å². The van der Waals surface area contributed by atoms with Crippen molar-refractivity contribution in [1.29, 1.82) is 0 Å². The van der Waals surface area contributed by atoms with E-state index in [9.17, 15) is 4.79 Å². The predicted octanol–water partition coefficient (Wildman–Crippen LogP) is 5.07. The minimum Gasteiger partial charge on any atom is -0.372 e. The summed E-state index contributed by atoms with van der Waals surface area (Å²) < 4.78 is 0. The van der Waals surface area contributed by atoms with Gasteiger partial charge in [0.05, 0.1) is 5.56 Å². The first-order valence-corrected chi connectivity index (χ1v) is 10.7. The number of hydrogen-bond acceptors (Lipinski definition) is 4. The summed E-state index contributed by atoms with van der Waals surface area (Å²) in [5, 5.41) is 6.49. The van der Waals surface area contributed by atoms with Crippen molar-refractivity contribution in [2.24, 2.45) is 0 Å². The van der Waals surface area contributed by atoms with Crippen LogP contribution in [0.4, 0.5) is 17.2 Å². The first kappa shape index (κ1) is 18.8. The third-order valence-electron chi connectivity index (χ3n) is 5.83. The molecule has 1 saturated heterocycles. The van der Waals surface area contributed by atoms with E-state index in [0.29, 0.717) is 11.6 Å². The maximum atomic E-state index is 12.5. The molecule has 5 nitrogen and oxygen atoms in total. The van der Waals surface area contributed by atoms with Gasteiger partial charge in [-0.15, -0.1) is 0 Å². The second kappa shape index (κ2) is 9.09. The van der Waals surface area contributed by atoms with Crippen molar-refractivity contribution in [3.05, 3.63) is 48.2 Å². The number of benzene rings is 1. The van der Waals surface area contributed by atoms with Gasteiger partial charge in [-0.25, -0.2) is 4.98 Å². The first-order chi connectivity index (χ1) is 13.8. The molecule has 0 atom stereocenters. The number of amides is 1. The van der Waals surface area contributed by atoms with E-state index in [1.54, 1.807) is 6.20 Å². The van der Waals surface area contributed by atoms with Crippen LogP contribution in [0.1, 0.15) is 61.7 Å². The molecule has 0 unspecified atom stereocenters. The molecule has 5 heteroatoms. The van der Waals surface area contributed by atoms with Crippen molar-refractivity contribution in [3.8, 4) is 0 Å². The number of pyridine rings is 1. The zero-order chi connectivity index (χ0) is 19.2. The van der Waals surface area contributed by atoms with Crippen molar-refractivity contribution >= 4 is 23.1 Å². The molecule has 4 rings (SSSR count). The van der Waals surface area contributed by atoms with Gasteiger partial charge in [-0.1, -0.05) is 25.7 Å². The molecule has 2 aromatic rings. The molecule has 2 fully saturated rings. The maximum absolute atomic E-state index is 12.5. The van der Waals surface area contributed by atoms with Crippen LogP contribution in [0.25, 0.3) is 0 Å². The highest BCUT2D eigenvalue weighted by Gasteiger charge is 2.14. The summed E-state index contributed by atoms with van der Waals surface area (Å²) in [6, 6.07) is 12.4. The highest BCUT2D eigenvalue weighted by molar-refractivity contribution is 6.04. The van der Waals surface area contributed by atoms with Gasteiger partial charge in [0.2, 0.25) is 0 Å². The summed E-state index contributed by atoms with van der Waals surface area (Å²) in [4.78, 5) is 19.4.